The molecule has 0 saturated carbocycles. The van der Waals surface area contributed by atoms with Crippen LogP contribution in [0.2, 0.25) is 5.02 Å². The van der Waals surface area contributed by atoms with Crippen molar-refractivity contribution in [1.29, 1.82) is 0 Å². The number of rotatable bonds is 3. The van der Waals surface area contributed by atoms with Gasteiger partial charge in [-0.15, -0.1) is 0 Å². The molecular formula is C9H6BrClF2O2. The molecule has 6 heteroatoms. The zero-order chi connectivity index (χ0) is 11.6. The van der Waals surface area contributed by atoms with Gasteiger partial charge in [0, 0.05) is 4.47 Å². The smallest absolute Gasteiger partial charge is 0.387 e. The third kappa shape index (κ3) is 2.89. The first-order valence-corrected chi connectivity index (χ1v) is 5.04. The zero-order valence-corrected chi connectivity index (χ0v) is 9.90. The maximum absolute atomic E-state index is 12.1. The Kier molecular flexibility index (Phi) is 4.04. The molecule has 0 atom stereocenters. The van der Waals surface area contributed by atoms with Crippen molar-refractivity contribution < 1.29 is 18.3 Å². The largest absolute Gasteiger partial charge is 0.432 e. The average Bonchev–Trinajstić information content (AvgIpc) is 2.12. The lowest BCUT2D eigenvalue weighted by atomic mass is 10.1. The maximum atomic E-state index is 12.1. The first kappa shape index (κ1) is 12.4. The van der Waals surface area contributed by atoms with Crippen molar-refractivity contribution in [2.24, 2.45) is 0 Å². The summed E-state index contributed by atoms with van der Waals surface area (Å²) in [6.07, 6.45) is 0. The highest BCUT2D eigenvalue weighted by atomic mass is 79.9. The number of alkyl halides is 2. The molecule has 2 nitrogen and oxygen atoms in total. The molecule has 0 amide bonds. The van der Waals surface area contributed by atoms with E-state index in [0.29, 0.717) is 4.47 Å². The molecule has 1 rings (SSSR count). The van der Waals surface area contributed by atoms with Crippen LogP contribution < -0.4 is 4.74 Å². The lowest BCUT2D eigenvalue weighted by Crippen LogP contribution is -2.07. The molecule has 0 spiro atoms. The minimum atomic E-state index is -3.02. The Morgan fingerprint density at radius 3 is 2.60 bits per heavy atom. The van der Waals surface area contributed by atoms with E-state index in [1.54, 1.807) is 0 Å². The number of hydrogen-bond donors (Lipinski definition) is 0. The van der Waals surface area contributed by atoms with Crippen LogP contribution >= 0.6 is 27.5 Å². The van der Waals surface area contributed by atoms with Gasteiger partial charge in [-0.25, -0.2) is 0 Å². The van der Waals surface area contributed by atoms with Gasteiger partial charge in [-0.1, -0.05) is 11.6 Å². The number of hydrogen-bond acceptors (Lipinski definition) is 2. The van der Waals surface area contributed by atoms with Gasteiger partial charge in [0.1, 0.15) is 0 Å². The molecule has 0 N–H and O–H groups in total. The van der Waals surface area contributed by atoms with Crippen molar-refractivity contribution in [3.8, 4) is 5.75 Å². The molecule has 0 fully saturated rings. The second-order valence-electron chi connectivity index (χ2n) is 2.67. The molecule has 15 heavy (non-hydrogen) atoms. The van der Waals surface area contributed by atoms with E-state index >= 15 is 0 Å². The summed E-state index contributed by atoms with van der Waals surface area (Å²) < 4.78 is 28.7. The molecule has 82 valence electrons. The van der Waals surface area contributed by atoms with Gasteiger partial charge in [-0.2, -0.15) is 8.78 Å². The topological polar surface area (TPSA) is 26.3 Å². The minimum Gasteiger partial charge on any atom is -0.432 e. The summed E-state index contributed by atoms with van der Waals surface area (Å²) >= 11 is 8.78. The van der Waals surface area contributed by atoms with Gasteiger partial charge in [0.15, 0.2) is 11.5 Å². The summed E-state index contributed by atoms with van der Waals surface area (Å²) in [4.78, 5) is 11.1. The van der Waals surface area contributed by atoms with E-state index in [2.05, 4.69) is 20.7 Å². The van der Waals surface area contributed by atoms with E-state index in [0.717, 1.165) is 0 Å². The van der Waals surface area contributed by atoms with Crippen molar-refractivity contribution >= 4 is 33.3 Å². The van der Waals surface area contributed by atoms with Crippen molar-refractivity contribution in [3.05, 3.63) is 27.2 Å². The summed E-state index contributed by atoms with van der Waals surface area (Å²) in [5.41, 5.74) is 0.0310. The zero-order valence-electron chi connectivity index (χ0n) is 7.56. The summed E-state index contributed by atoms with van der Waals surface area (Å²) in [5, 5.41) is -0.0389. The second kappa shape index (κ2) is 4.90. The fraction of sp³-hybridized carbons (Fsp3) is 0.222. The number of carbonyl (C=O) groups is 1. The van der Waals surface area contributed by atoms with E-state index < -0.39 is 6.61 Å². The van der Waals surface area contributed by atoms with Gasteiger partial charge in [0.05, 0.1) is 10.6 Å². The molecule has 0 aliphatic carbocycles. The van der Waals surface area contributed by atoms with Crippen molar-refractivity contribution in [2.75, 3.05) is 0 Å². The summed E-state index contributed by atoms with van der Waals surface area (Å²) in [5.74, 6) is -0.686. The van der Waals surface area contributed by atoms with Gasteiger partial charge in [-0.05, 0) is 35.0 Å². The molecule has 0 aromatic heterocycles. The van der Waals surface area contributed by atoms with Crippen LogP contribution in [0.15, 0.2) is 16.6 Å². The third-order valence-corrected chi connectivity index (χ3v) is 2.90. The van der Waals surface area contributed by atoms with E-state index in [-0.39, 0.29) is 22.1 Å². The maximum Gasteiger partial charge on any atom is 0.387 e. The first-order chi connectivity index (χ1) is 6.93. The summed E-state index contributed by atoms with van der Waals surface area (Å²) in [6.45, 7) is -1.77. The van der Waals surface area contributed by atoms with Crippen molar-refractivity contribution in [3.63, 3.8) is 0 Å². The van der Waals surface area contributed by atoms with Crippen LogP contribution in [0.4, 0.5) is 8.78 Å². The fourth-order valence-electron chi connectivity index (χ4n) is 1.01. The Bertz CT molecular complexity index is 396. The average molecular weight is 299 g/mol. The van der Waals surface area contributed by atoms with Crippen molar-refractivity contribution in [1.82, 2.24) is 0 Å². The van der Waals surface area contributed by atoms with Crippen LogP contribution in [0.5, 0.6) is 5.75 Å². The Balaban J connectivity index is 3.28. The molecule has 1 aromatic rings. The quantitative estimate of drug-likeness (QED) is 0.791. The molecule has 0 heterocycles. The van der Waals surface area contributed by atoms with Crippen LogP contribution in [0.25, 0.3) is 0 Å². The number of Topliss-reactive ketones (excluding diaryl/α,β-unsaturated/α-hetero) is 1. The summed E-state index contributed by atoms with van der Waals surface area (Å²) in [6, 6.07) is 2.87. The Labute approximate surface area is 98.3 Å². The number of benzene rings is 1. The summed E-state index contributed by atoms with van der Waals surface area (Å²) in [7, 11) is 0. The monoisotopic (exact) mass is 298 g/mol. The minimum absolute atomic E-state index is 0.0310. The van der Waals surface area contributed by atoms with Crippen LogP contribution in [-0.2, 0) is 0 Å². The number of halogens is 4. The van der Waals surface area contributed by atoms with Gasteiger partial charge in [0.25, 0.3) is 0 Å². The van der Waals surface area contributed by atoms with E-state index in [9.17, 15) is 13.6 Å². The molecule has 1 aromatic carbocycles. The fourth-order valence-corrected chi connectivity index (χ4v) is 1.54. The Hall–Kier alpha value is -0.680. The SMILES string of the molecule is CC(=O)c1ccc(Br)c(Cl)c1OC(F)F. The normalized spacial score (nSPS) is 10.5. The molecule has 0 bridgehead atoms. The first-order valence-electron chi connectivity index (χ1n) is 3.87. The van der Waals surface area contributed by atoms with Gasteiger partial charge >= 0.3 is 6.61 Å². The predicted octanol–water partition coefficient (Wildman–Crippen LogP) is 3.91. The van der Waals surface area contributed by atoms with E-state index in [1.165, 1.54) is 19.1 Å². The molecule has 0 radical (unpaired) electrons. The lowest BCUT2D eigenvalue weighted by molar-refractivity contribution is -0.0501. The van der Waals surface area contributed by atoms with E-state index in [1.807, 2.05) is 0 Å². The molecule has 0 aliphatic rings. The third-order valence-electron chi connectivity index (χ3n) is 1.64. The number of carbonyl (C=O) groups excluding carboxylic acids is 1. The highest BCUT2D eigenvalue weighted by Crippen LogP contribution is 2.36. The van der Waals surface area contributed by atoms with Crippen LogP contribution in [0.1, 0.15) is 17.3 Å². The van der Waals surface area contributed by atoms with Crippen LogP contribution in [0.3, 0.4) is 0 Å². The Morgan fingerprint density at radius 1 is 1.53 bits per heavy atom. The molecule has 0 unspecified atom stereocenters. The standard InChI is InChI=1S/C9H6BrClF2O2/c1-4(14)5-2-3-6(10)7(11)8(5)15-9(12)13/h2-3,9H,1H3. The molecular weight excluding hydrogens is 293 g/mol. The van der Waals surface area contributed by atoms with Gasteiger partial charge in [-0.3, -0.25) is 4.79 Å². The van der Waals surface area contributed by atoms with Crippen LogP contribution in [0, 0.1) is 0 Å². The van der Waals surface area contributed by atoms with Crippen LogP contribution in [-0.4, -0.2) is 12.4 Å². The lowest BCUT2D eigenvalue weighted by Gasteiger charge is -2.11. The molecule has 0 aliphatic heterocycles. The van der Waals surface area contributed by atoms with Gasteiger partial charge < -0.3 is 4.74 Å². The second-order valence-corrected chi connectivity index (χ2v) is 3.91. The van der Waals surface area contributed by atoms with Gasteiger partial charge in [0.2, 0.25) is 0 Å². The predicted molar refractivity (Wildman–Crippen MR) is 55.8 cm³/mol. The number of ketones is 1. The highest BCUT2D eigenvalue weighted by Gasteiger charge is 2.18. The Morgan fingerprint density at radius 2 is 2.13 bits per heavy atom. The highest BCUT2D eigenvalue weighted by molar-refractivity contribution is 9.10. The molecule has 0 saturated heterocycles. The number of ether oxygens (including phenoxy) is 1. The van der Waals surface area contributed by atoms with E-state index in [4.69, 9.17) is 11.6 Å². The van der Waals surface area contributed by atoms with Crippen molar-refractivity contribution in [2.45, 2.75) is 13.5 Å².